The van der Waals surface area contributed by atoms with Gasteiger partial charge >= 0.3 is 5.97 Å². The van der Waals surface area contributed by atoms with Crippen LogP contribution in [0.2, 0.25) is 0 Å². The second-order valence-corrected chi connectivity index (χ2v) is 5.14. The first-order valence-corrected chi connectivity index (χ1v) is 6.88. The molecule has 108 valence electrons. The van der Waals surface area contributed by atoms with Crippen LogP contribution in [0.5, 0.6) is 0 Å². The quantitative estimate of drug-likeness (QED) is 0.855. The maximum atomic E-state index is 11.5. The summed E-state index contributed by atoms with van der Waals surface area (Å²) in [4.78, 5) is 11.5. The highest BCUT2D eigenvalue weighted by molar-refractivity contribution is 5.79. The zero-order valence-corrected chi connectivity index (χ0v) is 11.8. The van der Waals surface area contributed by atoms with Crippen molar-refractivity contribution in [1.82, 2.24) is 0 Å². The molecule has 3 heteroatoms. The summed E-state index contributed by atoms with van der Waals surface area (Å²) in [6.45, 7) is 0. The highest BCUT2D eigenvalue weighted by atomic mass is 16.4. The Hall–Kier alpha value is -2.39. The first-order chi connectivity index (χ1) is 10.1. The van der Waals surface area contributed by atoms with E-state index in [1.165, 1.54) is 0 Å². The number of carboxylic acids is 1. The van der Waals surface area contributed by atoms with E-state index in [0.717, 1.165) is 11.1 Å². The number of nitrogens with two attached hydrogens (primary N) is 1. The Labute approximate surface area is 124 Å². The fourth-order valence-corrected chi connectivity index (χ4v) is 2.16. The molecule has 0 spiro atoms. The van der Waals surface area contributed by atoms with Crippen LogP contribution < -0.4 is 5.73 Å². The molecule has 0 aromatic heterocycles. The fourth-order valence-electron chi connectivity index (χ4n) is 2.16. The van der Waals surface area contributed by atoms with Gasteiger partial charge in [0.25, 0.3) is 0 Å². The average molecular weight is 281 g/mol. The van der Waals surface area contributed by atoms with Crippen molar-refractivity contribution in [2.45, 2.75) is 18.4 Å². The van der Waals surface area contributed by atoms with Gasteiger partial charge in [-0.05, 0) is 17.5 Å². The van der Waals surface area contributed by atoms with Crippen molar-refractivity contribution < 1.29 is 9.90 Å². The lowest BCUT2D eigenvalue weighted by Crippen LogP contribution is -2.49. The van der Waals surface area contributed by atoms with Crippen molar-refractivity contribution in [3.63, 3.8) is 0 Å². The minimum absolute atomic E-state index is 0.284. The summed E-state index contributed by atoms with van der Waals surface area (Å²) in [7, 11) is 0. The van der Waals surface area contributed by atoms with Crippen LogP contribution in [0.25, 0.3) is 6.08 Å². The maximum absolute atomic E-state index is 11.5. The lowest BCUT2D eigenvalue weighted by molar-refractivity contribution is -0.143. The van der Waals surface area contributed by atoms with Crippen molar-refractivity contribution in [1.29, 1.82) is 0 Å². The highest BCUT2D eigenvalue weighted by Gasteiger charge is 2.32. The van der Waals surface area contributed by atoms with Gasteiger partial charge in [-0.1, -0.05) is 72.8 Å². The van der Waals surface area contributed by atoms with Crippen LogP contribution in [0.3, 0.4) is 0 Å². The molecule has 2 aromatic rings. The molecule has 3 N–H and O–H groups in total. The summed E-state index contributed by atoms with van der Waals surface area (Å²) >= 11 is 0. The second-order valence-electron chi connectivity index (χ2n) is 5.14. The molecule has 0 radical (unpaired) electrons. The molecule has 0 amide bonds. The SMILES string of the molecule is N[C@@](CC=Cc1ccccc1)(Cc1ccccc1)C(=O)O. The summed E-state index contributed by atoms with van der Waals surface area (Å²) < 4.78 is 0. The smallest absolute Gasteiger partial charge is 0.324 e. The predicted octanol–water partition coefficient (Wildman–Crippen LogP) is 3.11. The molecule has 0 saturated heterocycles. The van der Waals surface area contributed by atoms with Crippen LogP contribution in [0, 0.1) is 0 Å². The minimum atomic E-state index is -1.29. The van der Waals surface area contributed by atoms with Gasteiger partial charge in [0.15, 0.2) is 0 Å². The standard InChI is InChI=1S/C18H19NO2/c19-18(17(20)21,14-16-10-5-2-6-11-16)13-7-12-15-8-3-1-4-9-15/h1-12H,13-14,19H2,(H,20,21)/t18-/m0/s1. The molecule has 0 aliphatic heterocycles. The van der Waals surface area contributed by atoms with Gasteiger partial charge in [-0.3, -0.25) is 4.79 Å². The number of benzene rings is 2. The Kier molecular flexibility index (Phi) is 4.90. The molecule has 0 aliphatic carbocycles. The van der Waals surface area contributed by atoms with Crippen molar-refractivity contribution in [2.24, 2.45) is 5.73 Å². The Balaban J connectivity index is 2.08. The van der Waals surface area contributed by atoms with Gasteiger partial charge in [-0.25, -0.2) is 0 Å². The number of hydrogen-bond acceptors (Lipinski definition) is 2. The molecular formula is C18H19NO2. The molecule has 0 saturated carbocycles. The first-order valence-electron chi connectivity index (χ1n) is 6.88. The van der Waals surface area contributed by atoms with Gasteiger partial charge in [-0.2, -0.15) is 0 Å². The van der Waals surface area contributed by atoms with E-state index in [4.69, 9.17) is 5.73 Å². The number of hydrogen-bond donors (Lipinski definition) is 2. The Bertz CT molecular complexity index is 608. The Morgan fingerprint density at radius 1 is 1.05 bits per heavy atom. The molecule has 21 heavy (non-hydrogen) atoms. The topological polar surface area (TPSA) is 63.3 Å². The van der Waals surface area contributed by atoms with E-state index in [1.54, 1.807) is 0 Å². The maximum Gasteiger partial charge on any atom is 0.324 e. The molecule has 0 bridgehead atoms. The number of aliphatic carboxylic acids is 1. The summed E-state index contributed by atoms with van der Waals surface area (Å²) in [6.07, 6.45) is 4.32. The molecule has 0 heterocycles. The van der Waals surface area contributed by atoms with Crippen LogP contribution >= 0.6 is 0 Å². The molecule has 3 nitrogen and oxygen atoms in total. The normalized spacial score (nSPS) is 14.0. The van der Waals surface area contributed by atoms with Crippen LogP contribution in [0.15, 0.2) is 66.7 Å². The second kappa shape index (κ2) is 6.86. The van der Waals surface area contributed by atoms with Gasteiger partial charge in [0.05, 0.1) is 0 Å². The van der Waals surface area contributed by atoms with E-state index in [0.29, 0.717) is 6.42 Å². The number of carbonyl (C=O) groups is 1. The molecule has 2 aromatic carbocycles. The average Bonchev–Trinajstić information content (AvgIpc) is 2.49. The third-order valence-electron chi connectivity index (χ3n) is 3.38. The van der Waals surface area contributed by atoms with Crippen molar-refractivity contribution in [3.05, 3.63) is 77.9 Å². The minimum Gasteiger partial charge on any atom is -0.480 e. The molecule has 0 fully saturated rings. The van der Waals surface area contributed by atoms with Gasteiger partial charge in [0.1, 0.15) is 5.54 Å². The zero-order valence-electron chi connectivity index (χ0n) is 11.8. The molecule has 0 aliphatic rings. The first kappa shape index (κ1) is 15.0. The summed E-state index contributed by atoms with van der Waals surface area (Å²) in [5.41, 5.74) is 6.76. The molecule has 2 rings (SSSR count). The van der Waals surface area contributed by atoms with Crippen LogP contribution in [-0.4, -0.2) is 16.6 Å². The van der Waals surface area contributed by atoms with Crippen molar-refractivity contribution >= 4 is 12.0 Å². The van der Waals surface area contributed by atoms with Gasteiger partial charge in [0, 0.05) is 6.42 Å². The van der Waals surface area contributed by atoms with Crippen LogP contribution in [-0.2, 0) is 11.2 Å². The molecule has 0 unspecified atom stereocenters. The summed E-state index contributed by atoms with van der Waals surface area (Å²) in [6, 6.07) is 19.2. The fraction of sp³-hybridized carbons (Fsp3) is 0.167. The Morgan fingerprint density at radius 2 is 1.62 bits per heavy atom. The molecular weight excluding hydrogens is 262 g/mol. The van der Waals surface area contributed by atoms with Crippen molar-refractivity contribution in [2.75, 3.05) is 0 Å². The lowest BCUT2D eigenvalue weighted by Gasteiger charge is -2.23. The summed E-state index contributed by atoms with van der Waals surface area (Å²) in [5.74, 6) is -0.982. The zero-order chi connectivity index (χ0) is 15.1. The number of carboxylic acid groups (broad SMARTS) is 1. The van der Waals surface area contributed by atoms with E-state index in [2.05, 4.69) is 0 Å². The van der Waals surface area contributed by atoms with E-state index < -0.39 is 11.5 Å². The highest BCUT2D eigenvalue weighted by Crippen LogP contribution is 2.17. The third-order valence-corrected chi connectivity index (χ3v) is 3.38. The largest absolute Gasteiger partial charge is 0.480 e. The third kappa shape index (κ3) is 4.29. The van der Waals surface area contributed by atoms with Gasteiger partial charge in [-0.15, -0.1) is 0 Å². The predicted molar refractivity (Wildman–Crippen MR) is 84.8 cm³/mol. The van der Waals surface area contributed by atoms with E-state index in [9.17, 15) is 9.90 Å². The van der Waals surface area contributed by atoms with E-state index in [1.807, 2.05) is 72.8 Å². The summed E-state index contributed by atoms with van der Waals surface area (Å²) in [5, 5.41) is 9.43. The number of rotatable bonds is 6. The Morgan fingerprint density at radius 3 is 2.19 bits per heavy atom. The van der Waals surface area contributed by atoms with Crippen LogP contribution in [0.4, 0.5) is 0 Å². The molecule has 1 atom stereocenters. The van der Waals surface area contributed by atoms with E-state index >= 15 is 0 Å². The van der Waals surface area contributed by atoms with Crippen molar-refractivity contribution in [3.8, 4) is 0 Å². The lowest BCUT2D eigenvalue weighted by atomic mass is 9.88. The van der Waals surface area contributed by atoms with Gasteiger partial charge < -0.3 is 10.8 Å². The monoisotopic (exact) mass is 281 g/mol. The van der Waals surface area contributed by atoms with E-state index in [-0.39, 0.29) is 6.42 Å². The van der Waals surface area contributed by atoms with Crippen LogP contribution in [0.1, 0.15) is 17.5 Å². The van der Waals surface area contributed by atoms with Gasteiger partial charge in [0.2, 0.25) is 0 Å².